The largest absolute Gasteiger partial charge is 0.396 e. The zero-order valence-electron chi connectivity index (χ0n) is 31.0. The molecule has 4 aliphatic rings. The molecule has 0 saturated heterocycles. The van der Waals surface area contributed by atoms with Gasteiger partial charge in [0.1, 0.15) is 6.17 Å². The lowest BCUT2D eigenvalue weighted by atomic mass is 9.49. The van der Waals surface area contributed by atoms with Gasteiger partial charge < -0.3 is 31.5 Å². The van der Waals surface area contributed by atoms with Crippen LogP contribution in [0.1, 0.15) is 95.0 Å². The highest BCUT2D eigenvalue weighted by Gasteiger charge is 2.68. The smallest absolute Gasteiger partial charge is 0.225 e. The molecule has 7 unspecified atom stereocenters. The molecule has 0 radical (unpaired) electrons. The van der Waals surface area contributed by atoms with E-state index in [0.29, 0.717) is 38.5 Å². The standard InChI is InChI=1S/C42H58N2O6S2/c1-26(2)9-5-10-27(3)11-6-13-29(24-46)35-22-30-25-52-51-20-17-32(31-16-18-41(4,50)42(30,39(35)49)36(31)15-8-19-45)37(47)21-28-12-7-14-33-34(28)23-38(48)44-40(33)43/h6-7,9,11-14,30,35-36,39-40,45-46,49-50H,3,5,8,10,15-25,43H2,1-2,4H3,(H,44,48). The number of allylic oxidation sites excluding steroid dienone is 8. The maximum Gasteiger partial charge on any atom is 0.225 e. The van der Waals surface area contributed by atoms with Gasteiger partial charge in [0, 0.05) is 35.9 Å². The maximum atomic E-state index is 14.6. The van der Waals surface area contributed by atoms with Crippen LogP contribution in [0.5, 0.6) is 0 Å². The van der Waals surface area contributed by atoms with Crippen LogP contribution in [0.3, 0.4) is 0 Å². The van der Waals surface area contributed by atoms with E-state index in [1.54, 1.807) is 21.6 Å². The molecule has 1 aromatic carbocycles. The normalized spacial score (nSPS) is 30.8. The van der Waals surface area contributed by atoms with Gasteiger partial charge in [0.15, 0.2) is 5.78 Å². The Morgan fingerprint density at radius 2 is 1.98 bits per heavy atom. The molecule has 52 heavy (non-hydrogen) atoms. The maximum absolute atomic E-state index is 14.6. The average molecular weight is 751 g/mol. The zero-order chi connectivity index (χ0) is 37.6. The van der Waals surface area contributed by atoms with E-state index in [2.05, 4.69) is 31.8 Å². The molecule has 5 rings (SSSR count). The van der Waals surface area contributed by atoms with Gasteiger partial charge in [0.25, 0.3) is 0 Å². The average Bonchev–Trinajstić information content (AvgIpc) is 3.38. The van der Waals surface area contributed by atoms with Crippen molar-refractivity contribution in [2.24, 2.45) is 28.9 Å². The fraction of sp³-hybridized carbons (Fsp3) is 0.571. The summed E-state index contributed by atoms with van der Waals surface area (Å²) in [7, 11) is 3.44. The topological polar surface area (TPSA) is 153 Å². The summed E-state index contributed by atoms with van der Waals surface area (Å²) in [6.45, 7) is 9.93. The van der Waals surface area contributed by atoms with E-state index in [0.717, 1.165) is 63.3 Å². The molecule has 1 spiro atoms. The van der Waals surface area contributed by atoms with Crippen molar-refractivity contribution in [3.8, 4) is 0 Å². The van der Waals surface area contributed by atoms with E-state index >= 15 is 0 Å². The van der Waals surface area contributed by atoms with E-state index in [9.17, 15) is 30.0 Å². The van der Waals surface area contributed by atoms with Crippen molar-refractivity contribution >= 4 is 33.3 Å². The van der Waals surface area contributed by atoms with E-state index in [1.165, 1.54) is 5.57 Å². The Hall–Kier alpha value is -2.44. The molecule has 8 nitrogen and oxygen atoms in total. The van der Waals surface area contributed by atoms with Gasteiger partial charge in [-0.3, -0.25) is 9.59 Å². The number of nitrogens with one attached hydrogen (secondary N) is 1. The van der Waals surface area contributed by atoms with E-state index in [-0.39, 0.29) is 49.6 Å². The number of carbonyl (C=O) groups excluding carboxylic acids is 2. The minimum atomic E-state index is -1.26. The molecule has 2 bridgehead atoms. The van der Waals surface area contributed by atoms with Crippen molar-refractivity contribution < 1.29 is 30.0 Å². The van der Waals surface area contributed by atoms with E-state index < -0.39 is 29.2 Å². The summed E-state index contributed by atoms with van der Waals surface area (Å²) in [5.41, 5.74) is 11.1. The minimum absolute atomic E-state index is 0.00805. The predicted molar refractivity (Wildman–Crippen MR) is 212 cm³/mol. The van der Waals surface area contributed by atoms with Crippen LogP contribution in [0, 0.1) is 23.2 Å². The van der Waals surface area contributed by atoms with E-state index in [4.69, 9.17) is 5.73 Å². The number of rotatable bonds is 13. The fourth-order valence-electron chi connectivity index (χ4n) is 9.63. The first-order valence-corrected chi connectivity index (χ1v) is 21.3. The molecule has 2 aliphatic heterocycles. The Balaban J connectivity index is 1.55. The second kappa shape index (κ2) is 17.8. The molecule has 2 aliphatic carbocycles. The van der Waals surface area contributed by atoms with Crippen molar-refractivity contribution in [2.75, 3.05) is 24.7 Å². The zero-order valence-corrected chi connectivity index (χ0v) is 32.7. The minimum Gasteiger partial charge on any atom is -0.396 e. The van der Waals surface area contributed by atoms with Gasteiger partial charge in [0.05, 0.1) is 24.7 Å². The lowest BCUT2D eigenvalue weighted by molar-refractivity contribution is -0.184. The van der Waals surface area contributed by atoms with Gasteiger partial charge >= 0.3 is 0 Å². The molecule has 7 N–H and O–H groups in total. The number of Topliss-reactive ketones (excluding diaryl/α,β-unsaturated/α-hetero) is 1. The summed E-state index contributed by atoms with van der Waals surface area (Å²) >= 11 is 0. The van der Waals surface area contributed by atoms with Crippen molar-refractivity contribution in [2.45, 2.75) is 103 Å². The summed E-state index contributed by atoms with van der Waals surface area (Å²) in [5.74, 6) is 0.451. The van der Waals surface area contributed by atoms with Crippen LogP contribution in [0.2, 0.25) is 0 Å². The third-order valence-electron chi connectivity index (χ3n) is 12.0. The van der Waals surface area contributed by atoms with Crippen molar-refractivity contribution in [1.29, 1.82) is 0 Å². The summed E-state index contributed by atoms with van der Waals surface area (Å²) < 4.78 is 0. The molecular formula is C42H58N2O6S2. The van der Waals surface area contributed by atoms with Crippen LogP contribution < -0.4 is 11.1 Å². The highest BCUT2D eigenvalue weighted by atomic mass is 33.1. The molecule has 7 atom stereocenters. The van der Waals surface area contributed by atoms with Gasteiger partial charge in [-0.15, -0.1) is 0 Å². The Bertz CT molecular complexity index is 1630. The van der Waals surface area contributed by atoms with Gasteiger partial charge in [-0.2, -0.15) is 0 Å². The number of nitrogens with two attached hydrogens (primary N) is 1. The third kappa shape index (κ3) is 8.43. The number of carbonyl (C=O) groups is 2. The Kier molecular flexibility index (Phi) is 13.9. The van der Waals surface area contributed by atoms with E-state index in [1.807, 2.05) is 43.4 Å². The second-order valence-corrected chi connectivity index (χ2v) is 18.1. The first-order chi connectivity index (χ1) is 24.8. The summed E-state index contributed by atoms with van der Waals surface area (Å²) in [6, 6.07) is 5.69. The highest BCUT2D eigenvalue weighted by Crippen LogP contribution is 2.66. The number of ketones is 1. The lowest BCUT2D eigenvalue weighted by Crippen LogP contribution is -2.62. The quantitative estimate of drug-likeness (QED) is 0.0786. The number of fused-ring (bicyclic) bond motifs is 2. The van der Waals surface area contributed by atoms with Crippen LogP contribution in [-0.4, -0.2) is 68.5 Å². The molecule has 2 saturated carbocycles. The lowest BCUT2D eigenvalue weighted by Gasteiger charge is -2.58. The SMILES string of the molecule is C=C(C=CC=C(CO)C1CC2CSSCCC(C(=O)Cc3cccc4c3CC(=O)NC4N)=C3CCC(C)(O)C2(C3CCCO)C1O)CCC=C(C)C. The van der Waals surface area contributed by atoms with Gasteiger partial charge in [-0.1, -0.05) is 87.4 Å². The first kappa shape index (κ1) is 40.7. The Labute approximate surface area is 317 Å². The number of benzene rings is 1. The molecule has 1 aromatic rings. The number of aliphatic hydroxyl groups excluding tert-OH is 3. The predicted octanol–water partition coefficient (Wildman–Crippen LogP) is 6.20. The van der Waals surface area contributed by atoms with Crippen LogP contribution in [0.15, 0.2) is 76.9 Å². The molecule has 0 aromatic heterocycles. The number of hydrogen-bond donors (Lipinski definition) is 6. The van der Waals surface area contributed by atoms with Crippen LogP contribution in [-0.2, 0) is 22.4 Å². The molecule has 284 valence electrons. The van der Waals surface area contributed by atoms with Crippen molar-refractivity contribution in [3.05, 3.63) is 93.6 Å². The monoisotopic (exact) mass is 750 g/mol. The summed E-state index contributed by atoms with van der Waals surface area (Å²) in [6.07, 6.45) is 11.5. The van der Waals surface area contributed by atoms with Crippen LogP contribution in [0.4, 0.5) is 0 Å². The van der Waals surface area contributed by atoms with Gasteiger partial charge in [0.2, 0.25) is 5.91 Å². The first-order valence-electron chi connectivity index (χ1n) is 18.8. The van der Waals surface area contributed by atoms with Gasteiger partial charge in [-0.05, 0) is 112 Å². The van der Waals surface area contributed by atoms with Crippen LogP contribution in [0.25, 0.3) is 0 Å². The molecule has 1 amide bonds. The molecule has 2 heterocycles. The summed E-state index contributed by atoms with van der Waals surface area (Å²) in [5, 5.41) is 48.8. The Morgan fingerprint density at radius 3 is 2.71 bits per heavy atom. The van der Waals surface area contributed by atoms with Crippen molar-refractivity contribution in [1.82, 2.24) is 5.32 Å². The van der Waals surface area contributed by atoms with Gasteiger partial charge in [-0.25, -0.2) is 0 Å². The van der Waals surface area contributed by atoms with Crippen molar-refractivity contribution in [3.63, 3.8) is 0 Å². The summed E-state index contributed by atoms with van der Waals surface area (Å²) in [4.78, 5) is 27.1. The highest BCUT2D eigenvalue weighted by molar-refractivity contribution is 8.76. The number of hydrogen-bond acceptors (Lipinski definition) is 9. The Morgan fingerprint density at radius 1 is 1.19 bits per heavy atom. The molecule has 2 fully saturated rings. The molecule has 10 heteroatoms. The third-order valence-corrected chi connectivity index (χ3v) is 14.5. The molecular weight excluding hydrogens is 693 g/mol. The number of amides is 1. The number of aliphatic hydroxyl groups is 4. The second-order valence-electron chi connectivity index (χ2n) is 15.5. The fourth-order valence-corrected chi connectivity index (χ4v) is 12.1. The van der Waals surface area contributed by atoms with Crippen LogP contribution >= 0.6 is 21.6 Å².